The summed E-state index contributed by atoms with van der Waals surface area (Å²) in [6, 6.07) is 15.2. The first-order chi connectivity index (χ1) is 12.4. The van der Waals surface area contributed by atoms with E-state index in [0.717, 1.165) is 13.1 Å². The quantitative estimate of drug-likeness (QED) is 0.841. The number of halogens is 1. The van der Waals surface area contributed by atoms with Crippen LogP contribution in [0, 0.1) is 0 Å². The first-order valence-electron chi connectivity index (χ1n) is 8.57. The Morgan fingerprint density at radius 3 is 2.52 bits per heavy atom. The summed E-state index contributed by atoms with van der Waals surface area (Å²) < 4.78 is 27.1. The Hall–Kier alpha value is -2.09. The molecule has 2 aromatic carbocycles. The van der Waals surface area contributed by atoms with Gasteiger partial charge in [0.15, 0.2) is 0 Å². The zero-order valence-corrected chi connectivity index (χ0v) is 17.0. The number of benzene rings is 2. The van der Waals surface area contributed by atoms with Gasteiger partial charge in [-0.05, 0) is 37.3 Å². The van der Waals surface area contributed by atoms with E-state index in [4.69, 9.17) is 0 Å². The van der Waals surface area contributed by atoms with Crippen molar-refractivity contribution in [2.45, 2.75) is 17.9 Å². The Labute approximate surface area is 166 Å². The fourth-order valence-electron chi connectivity index (χ4n) is 3.03. The fraction of sp³-hybridized carbons (Fsp3) is 0.316. The molecule has 146 valence electrons. The van der Waals surface area contributed by atoms with Crippen molar-refractivity contribution in [3.05, 3.63) is 60.2 Å². The van der Waals surface area contributed by atoms with Gasteiger partial charge < -0.3 is 10.2 Å². The van der Waals surface area contributed by atoms with Crippen LogP contribution in [-0.4, -0.2) is 51.9 Å². The first-order valence-corrected chi connectivity index (χ1v) is 10.0. The first kappa shape index (κ1) is 21.2. The second-order valence-corrected chi connectivity index (χ2v) is 8.36. The molecule has 0 spiro atoms. The van der Waals surface area contributed by atoms with E-state index >= 15 is 0 Å². The second-order valence-electron chi connectivity index (χ2n) is 6.39. The molecule has 0 radical (unpaired) electrons. The summed E-state index contributed by atoms with van der Waals surface area (Å²) in [5.41, 5.74) is 0.959. The predicted molar refractivity (Wildman–Crippen MR) is 109 cm³/mol. The lowest BCUT2D eigenvalue weighted by Gasteiger charge is -2.34. The van der Waals surface area contributed by atoms with E-state index in [1.807, 2.05) is 13.0 Å². The van der Waals surface area contributed by atoms with Crippen LogP contribution in [-0.2, 0) is 10.0 Å². The Bertz CT molecular complexity index is 890. The molecular weight excluding hydrogens is 386 g/mol. The van der Waals surface area contributed by atoms with Gasteiger partial charge in [-0.1, -0.05) is 24.3 Å². The maximum Gasteiger partial charge on any atom is 0.264 e. The molecule has 1 fully saturated rings. The predicted octanol–water partition coefficient (Wildman–Crippen LogP) is 2.37. The number of nitrogens with zero attached hydrogens (tertiary/aromatic N) is 2. The highest BCUT2D eigenvalue weighted by atomic mass is 35.5. The summed E-state index contributed by atoms with van der Waals surface area (Å²) >= 11 is 0. The molecule has 1 atom stereocenters. The number of anilines is 1. The zero-order chi connectivity index (χ0) is 18.7. The molecule has 27 heavy (non-hydrogen) atoms. The highest BCUT2D eigenvalue weighted by Gasteiger charge is 2.26. The van der Waals surface area contributed by atoms with Crippen LogP contribution in [0.4, 0.5) is 5.69 Å². The molecule has 1 amide bonds. The lowest BCUT2D eigenvalue weighted by Crippen LogP contribution is -2.52. The highest BCUT2D eigenvalue weighted by molar-refractivity contribution is 7.92. The van der Waals surface area contributed by atoms with Crippen molar-refractivity contribution in [1.29, 1.82) is 0 Å². The van der Waals surface area contributed by atoms with Crippen molar-refractivity contribution >= 4 is 34.0 Å². The molecule has 0 aliphatic carbocycles. The third-order valence-electron chi connectivity index (χ3n) is 4.62. The molecule has 1 saturated heterocycles. The molecule has 2 aromatic rings. The molecule has 1 unspecified atom stereocenters. The molecule has 1 N–H and O–H groups in total. The monoisotopic (exact) mass is 409 g/mol. The molecule has 6 nitrogen and oxygen atoms in total. The third kappa shape index (κ3) is 4.43. The van der Waals surface area contributed by atoms with Crippen LogP contribution in [0.5, 0.6) is 0 Å². The van der Waals surface area contributed by atoms with Crippen molar-refractivity contribution in [2.24, 2.45) is 0 Å². The molecule has 0 aromatic heterocycles. The third-order valence-corrected chi connectivity index (χ3v) is 6.40. The van der Waals surface area contributed by atoms with Gasteiger partial charge >= 0.3 is 0 Å². The van der Waals surface area contributed by atoms with Crippen LogP contribution >= 0.6 is 12.4 Å². The highest BCUT2D eigenvalue weighted by Crippen LogP contribution is 2.23. The van der Waals surface area contributed by atoms with E-state index in [-0.39, 0.29) is 29.3 Å². The van der Waals surface area contributed by atoms with Gasteiger partial charge in [-0.25, -0.2) is 8.42 Å². The SMILES string of the molecule is CC1CNCCN1C(=O)c1cccc(S(=O)(=O)N(C)c2ccccc2)c1.Cl. The summed E-state index contributed by atoms with van der Waals surface area (Å²) in [5.74, 6) is -0.140. The van der Waals surface area contributed by atoms with Gasteiger partial charge in [0.05, 0.1) is 10.6 Å². The number of carbonyl (C=O) groups is 1. The molecule has 0 saturated carbocycles. The van der Waals surface area contributed by atoms with Crippen molar-refractivity contribution in [2.75, 3.05) is 31.0 Å². The Morgan fingerprint density at radius 2 is 1.85 bits per heavy atom. The molecule has 1 aliphatic heterocycles. The van der Waals surface area contributed by atoms with Crippen LogP contribution < -0.4 is 9.62 Å². The number of para-hydroxylation sites is 1. The van der Waals surface area contributed by atoms with Crippen molar-refractivity contribution < 1.29 is 13.2 Å². The Kier molecular flexibility index (Phi) is 6.86. The van der Waals surface area contributed by atoms with Gasteiger partial charge in [-0.2, -0.15) is 0 Å². The van der Waals surface area contributed by atoms with E-state index in [1.165, 1.54) is 23.5 Å². The van der Waals surface area contributed by atoms with Gasteiger partial charge in [0.1, 0.15) is 0 Å². The van der Waals surface area contributed by atoms with Gasteiger partial charge in [0, 0.05) is 38.3 Å². The molecule has 1 heterocycles. The van der Waals surface area contributed by atoms with Crippen molar-refractivity contribution in [3.8, 4) is 0 Å². The smallest absolute Gasteiger partial charge is 0.264 e. The molecule has 8 heteroatoms. The summed E-state index contributed by atoms with van der Waals surface area (Å²) in [6.45, 7) is 4.07. The number of piperazine rings is 1. The summed E-state index contributed by atoms with van der Waals surface area (Å²) in [5, 5.41) is 3.24. The van der Waals surface area contributed by atoms with Crippen molar-refractivity contribution in [1.82, 2.24) is 10.2 Å². The lowest BCUT2D eigenvalue weighted by molar-refractivity contribution is 0.0655. The van der Waals surface area contributed by atoms with Crippen LogP contribution in [0.15, 0.2) is 59.5 Å². The molecule has 0 bridgehead atoms. The molecular formula is C19H24ClN3O3S. The van der Waals surface area contributed by atoms with Crippen molar-refractivity contribution in [3.63, 3.8) is 0 Å². The number of rotatable bonds is 4. The van der Waals surface area contributed by atoms with E-state index in [2.05, 4.69) is 5.32 Å². The number of nitrogens with one attached hydrogen (secondary N) is 1. The zero-order valence-electron chi connectivity index (χ0n) is 15.3. The number of sulfonamides is 1. The lowest BCUT2D eigenvalue weighted by atomic mass is 10.1. The largest absolute Gasteiger partial charge is 0.333 e. The van der Waals surface area contributed by atoms with E-state index in [0.29, 0.717) is 17.8 Å². The Balaban J connectivity index is 0.00000261. The van der Waals surface area contributed by atoms with E-state index in [9.17, 15) is 13.2 Å². The van der Waals surface area contributed by atoms with Crippen LogP contribution in [0.2, 0.25) is 0 Å². The number of carbonyl (C=O) groups excluding carboxylic acids is 1. The maximum absolute atomic E-state index is 12.9. The average Bonchev–Trinajstić information content (AvgIpc) is 2.68. The fourth-order valence-corrected chi connectivity index (χ4v) is 4.27. The summed E-state index contributed by atoms with van der Waals surface area (Å²) in [7, 11) is -2.23. The van der Waals surface area contributed by atoms with Crippen LogP contribution in [0.25, 0.3) is 0 Å². The minimum absolute atomic E-state index is 0. The number of amides is 1. The van der Waals surface area contributed by atoms with Crippen LogP contribution in [0.1, 0.15) is 17.3 Å². The van der Waals surface area contributed by atoms with Crippen LogP contribution in [0.3, 0.4) is 0 Å². The number of hydrogen-bond acceptors (Lipinski definition) is 4. The minimum atomic E-state index is -3.74. The molecule has 1 aliphatic rings. The average molecular weight is 410 g/mol. The minimum Gasteiger partial charge on any atom is -0.333 e. The van der Waals surface area contributed by atoms with Gasteiger partial charge in [-0.3, -0.25) is 9.10 Å². The topological polar surface area (TPSA) is 69.7 Å². The Morgan fingerprint density at radius 1 is 1.15 bits per heavy atom. The van der Waals surface area contributed by atoms with E-state index in [1.54, 1.807) is 41.3 Å². The standard InChI is InChI=1S/C19H23N3O3S.ClH/c1-15-14-20-11-12-22(15)19(23)16-7-6-10-18(13-16)26(24,25)21(2)17-8-4-3-5-9-17;/h3-10,13,15,20H,11-12,14H2,1-2H3;1H. The van der Waals surface area contributed by atoms with E-state index < -0.39 is 10.0 Å². The maximum atomic E-state index is 12.9. The summed E-state index contributed by atoms with van der Waals surface area (Å²) in [4.78, 5) is 14.7. The van der Waals surface area contributed by atoms with Gasteiger partial charge in [0.2, 0.25) is 0 Å². The molecule has 3 rings (SSSR count). The normalized spacial score (nSPS) is 17.1. The number of hydrogen-bond donors (Lipinski definition) is 1. The van der Waals surface area contributed by atoms with Gasteiger partial charge in [-0.15, -0.1) is 12.4 Å². The van der Waals surface area contributed by atoms with Gasteiger partial charge in [0.25, 0.3) is 15.9 Å². The summed E-state index contributed by atoms with van der Waals surface area (Å²) in [6.07, 6.45) is 0. The second kappa shape index (κ2) is 8.73.